The van der Waals surface area contributed by atoms with Crippen molar-refractivity contribution in [3.63, 3.8) is 0 Å². The minimum atomic E-state index is -5.07. The minimum Gasteiger partial charge on any atom is -0.744 e. The van der Waals surface area contributed by atoms with E-state index in [0.717, 1.165) is 24.3 Å². The van der Waals surface area contributed by atoms with E-state index in [1.165, 1.54) is 24.3 Å². The molecule has 10 N–H and O–H groups in total. The molecule has 0 bridgehead atoms. The molecule has 0 aliphatic rings. The van der Waals surface area contributed by atoms with Gasteiger partial charge in [0.1, 0.15) is 20.2 Å². The average molecular weight is 721 g/mol. The summed E-state index contributed by atoms with van der Waals surface area (Å²) in [6, 6.07) is 7.30. The van der Waals surface area contributed by atoms with Crippen LogP contribution in [0.2, 0.25) is 0 Å². The summed E-state index contributed by atoms with van der Waals surface area (Å²) in [7, 11) is -10.1. The molecular formula is C24H26N12Na2O8S2. The largest absolute Gasteiger partial charge is 1.00 e. The zero-order valence-corrected chi connectivity index (χ0v) is 31.1. The molecule has 0 aliphatic carbocycles. The molecular weight excluding hydrogens is 694 g/mol. The van der Waals surface area contributed by atoms with Gasteiger partial charge in [-0.05, 0) is 35.4 Å². The second-order valence-electron chi connectivity index (χ2n) is 8.98. The Morgan fingerprint density at radius 2 is 0.979 bits per heavy atom. The van der Waals surface area contributed by atoms with Gasteiger partial charge in [0.2, 0.25) is 35.7 Å². The molecule has 0 atom stereocenters. The van der Waals surface area contributed by atoms with Crippen molar-refractivity contribution in [1.82, 2.24) is 29.9 Å². The maximum absolute atomic E-state index is 12.1. The maximum atomic E-state index is 12.1. The van der Waals surface area contributed by atoms with E-state index in [1.54, 1.807) is 0 Å². The van der Waals surface area contributed by atoms with Gasteiger partial charge >= 0.3 is 59.1 Å². The molecule has 0 spiro atoms. The molecule has 0 saturated carbocycles. The molecule has 4 rings (SSSR count). The molecule has 20 nitrogen and oxygen atoms in total. The molecule has 24 heteroatoms. The molecule has 244 valence electrons. The van der Waals surface area contributed by atoms with E-state index < -0.39 is 30.0 Å². The van der Waals surface area contributed by atoms with Crippen LogP contribution in [0.4, 0.5) is 47.1 Å². The number of nitrogen functional groups attached to an aromatic ring is 2. The monoisotopic (exact) mass is 720 g/mol. The molecule has 2 aromatic carbocycles. The Morgan fingerprint density at radius 1 is 0.625 bits per heavy atom. The van der Waals surface area contributed by atoms with Gasteiger partial charge in [0.15, 0.2) is 0 Å². The summed E-state index contributed by atoms with van der Waals surface area (Å²) in [5, 5.41) is 28.8. The van der Waals surface area contributed by atoms with Crippen LogP contribution in [-0.4, -0.2) is 92.4 Å². The first-order valence-electron chi connectivity index (χ1n) is 12.9. The van der Waals surface area contributed by atoms with Gasteiger partial charge in [-0.2, -0.15) is 29.9 Å². The Balaban J connectivity index is 0.00000400. The Bertz CT molecular complexity index is 1850. The summed E-state index contributed by atoms with van der Waals surface area (Å²) in [6.45, 7) is -0.177. The first-order valence-corrected chi connectivity index (χ1v) is 15.7. The average Bonchev–Trinajstić information content (AvgIpc) is 2.97. The van der Waals surface area contributed by atoms with Crippen molar-refractivity contribution in [3.05, 3.63) is 47.5 Å². The van der Waals surface area contributed by atoms with E-state index in [-0.39, 0.29) is 144 Å². The van der Waals surface area contributed by atoms with Crippen LogP contribution in [0.1, 0.15) is 11.1 Å². The number of aliphatic hydroxyl groups is 2. The molecule has 0 saturated heterocycles. The van der Waals surface area contributed by atoms with Gasteiger partial charge in [-0.1, -0.05) is 24.3 Å². The van der Waals surface area contributed by atoms with Crippen LogP contribution in [0.15, 0.2) is 46.2 Å². The third-order valence-electron chi connectivity index (χ3n) is 5.62. The second-order valence-corrected chi connectivity index (χ2v) is 11.7. The SMILES string of the molecule is Nc1nc(NCCO)nc(Nc2ccc(C=Cc3ccc(Nc4nc(N)nc(NCCO)n4)cc3S(=O)(=O)[O-])c(S(=O)(=O)[O-])c2)n1.[Na+].[Na+]. The van der Waals surface area contributed by atoms with Crippen LogP contribution in [0, 0.1) is 0 Å². The van der Waals surface area contributed by atoms with E-state index in [1.807, 2.05) is 0 Å². The number of rotatable bonds is 14. The standard InChI is InChI=1S/C24H28N12O8S2.2Na/c25-19-31-21(27-7-9-37)35-23(33-19)29-15-5-3-13(17(11-15)45(39,40)41)1-2-14-4-6-16(12-18(14)46(42,43)44)30-24-34-20(26)32-22(36-24)28-8-10-38;;/h1-6,11-12,37-38H,7-10H2,(H,39,40,41)(H,42,43,44)(H4,25,27,29,31,33,35)(H4,26,28,30,32,34,36);;/q;2*+1/p-2. The van der Waals surface area contributed by atoms with Crippen molar-refractivity contribution >= 4 is 79.5 Å². The summed E-state index contributed by atoms with van der Waals surface area (Å²) in [5.74, 6) is -0.497. The first kappa shape index (κ1) is 40.9. The van der Waals surface area contributed by atoms with E-state index >= 15 is 0 Å². The number of anilines is 8. The van der Waals surface area contributed by atoms with Gasteiger partial charge in [-0.15, -0.1) is 0 Å². The second kappa shape index (κ2) is 17.9. The summed E-state index contributed by atoms with van der Waals surface area (Å²) in [6.07, 6.45) is 2.30. The zero-order chi connectivity index (χ0) is 33.5. The van der Waals surface area contributed by atoms with Gasteiger partial charge < -0.3 is 52.1 Å². The normalized spacial score (nSPS) is 11.3. The Labute approximate surface area is 318 Å². The fourth-order valence-corrected chi connectivity index (χ4v) is 5.15. The van der Waals surface area contributed by atoms with Crippen molar-refractivity contribution in [2.75, 3.05) is 59.0 Å². The fourth-order valence-electron chi connectivity index (χ4n) is 3.76. The van der Waals surface area contributed by atoms with E-state index in [0.29, 0.717) is 0 Å². The Hall–Kier alpha value is -3.26. The van der Waals surface area contributed by atoms with Gasteiger partial charge in [0.25, 0.3) is 0 Å². The minimum absolute atomic E-state index is 0. The van der Waals surface area contributed by atoms with Crippen LogP contribution in [-0.2, 0) is 20.2 Å². The number of aromatic nitrogens is 6. The smallest absolute Gasteiger partial charge is 0.744 e. The summed E-state index contributed by atoms with van der Waals surface area (Å²) < 4.78 is 72.8. The molecule has 0 aliphatic heterocycles. The summed E-state index contributed by atoms with van der Waals surface area (Å²) in [4.78, 5) is 22.2. The quantitative estimate of drug-likeness (QED) is 0.0341. The number of nitrogens with two attached hydrogens (primary N) is 2. The number of nitrogens with zero attached hydrogens (tertiary/aromatic N) is 6. The summed E-state index contributed by atoms with van der Waals surface area (Å²) >= 11 is 0. The molecule has 4 aromatic rings. The van der Waals surface area contributed by atoms with Crippen LogP contribution in [0.25, 0.3) is 12.2 Å². The van der Waals surface area contributed by atoms with Crippen molar-refractivity contribution in [3.8, 4) is 0 Å². The van der Waals surface area contributed by atoms with E-state index in [4.69, 9.17) is 21.7 Å². The van der Waals surface area contributed by atoms with Gasteiger partial charge in [-0.25, -0.2) is 16.8 Å². The summed E-state index contributed by atoms with van der Waals surface area (Å²) in [5.41, 5.74) is 11.3. The fraction of sp³-hybridized carbons (Fsp3) is 0.167. The van der Waals surface area contributed by atoms with Crippen molar-refractivity contribution in [1.29, 1.82) is 0 Å². The van der Waals surface area contributed by atoms with Gasteiger partial charge in [0.05, 0.1) is 23.0 Å². The predicted octanol–water partition coefficient (Wildman–Crippen LogP) is -6.50. The topological polar surface area (TPSA) is 332 Å². The Kier molecular flexibility index (Phi) is 15.3. The molecule has 2 heterocycles. The maximum Gasteiger partial charge on any atom is 1.00 e. The third-order valence-corrected chi connectivity index (χ3v) is 7.40. The Morgan fingerprint density at radius 3 is 1.31 bits per heavy atom. The van der Waals surface area contributed by atoms with Crippen LogP contribution in [0.3, 0.4) is 0 Å². The number of aliphatic hydroxyl groups excluding tert-OH is 2. The van der Waals surface area contributed by atoms with Crippen molar-refractivity contribution < 1.29 is 95.3 Å². The van der Waals surface area contributed by atoms with Gasteiger partial charge in [0, 0.05) is 24.5 Å². The number of hydrogen-bond acceptors (Lipinski definition) is 20. The molecule has 0 unspecified atom stereocenters. The van der Waals surface area contributed by atoms with E-state index in [2.05, 4.69) is 51.2 Å². The number of benzene rings is 2. The van der Waals surface area contributed by atoms with Gasteiger partial charge in [-0.3, -0.25) is 0 Å². The molecule has 0 amide bonds. The molecule has 0 radical (unpaired) electrons. The molecule has 0 fully saturated rings. The molecule has 2 aromatic heterocycles. The number of hydrogen-bond donors (Lipinski definition) is 8. The van der Waals surface area contributed by atoms with Crippen molar-refractivity contribution in [2.45, 2.75) is 9.79 Å². The first-order chi connectivity index (χ1) is 21.7. The van der Waals surface area contributed by atoms with Crippen LogP contribution in [0.5, 0.6) is 0 Å². The predicted molar refractivity (Wildman–Crippen MR) is 164 cm³/mol. The number of nitrogens with one attached hydrogen (secondary N) is 4. The zero-order valence-electron chi connectivity index (χ0n) is 25.4. The van der Waals surface area contributed by atoms with E-state index in [9.17, 15) is 25.9 Å². The van der Waals surface area contributed by atoms with Crippen molar-refractivity contribution in [2.24, 2.45) is 0 Å². The van der Waals surface area contributed by atoms with Crippen LogP contribution < -0.4 is 91.8 Å². The third kappa shape index (κ3) is 11.7. The van der Waals surface area contributed by atoms with Crippen LogP contribution >= 0.6 is 0 Å². The molecule has 48 heavy (non-hydrogen) atoms.